The van der Waals surface area contributed by atoms with Crippen LogP contribution < -0.4 is 9.64 Å². The molecule has 6 nitrogen and oxygen atoms in total. The molecule has 2 atom stereocenters. The summed E-state index contributed by atoms with van der Waals surface area (Å²) in [5.74, 6) is 1.17. The molecule has 0 amide bonds. The van der Waals surface area contributed by atoms with Crippen LogP contribution >= 0.6 is 11.6 Å². The molecule has 104 valence electrons. The molecule has 3 heterocycles. The van der Waals surface area contributed by atoms with E-state index in [4.69, 9.17) is 21.1 Å². The molecular weight excluding hydrogens is 270 g/mol. The Morgan fingerprint density at radius 3 is 3.00 bits per heavy atom. The van der Waals surface area contributed by atoms with Crippen molar-refractivity contribution in [3.63, 3.8) is 0 Å². The molecule has 0 bridgehead atoms. The molecule has 2 aliphatic rings. The van der Waals surface area contributed by atoms with Gasteiger partial charge in [0.05, 0.1) is 31.4 Å². The standard InChI is InChI=1S/C12H16ClN3O3/c1-7-4-18-5-12(2)6-19-9-8(3-17)14-11(13)15-10(9)16(7)12/h7,17H,3-6H2,1-2H3/t7-,12?/m1/s1. The lowest BCUT2D eigenvalue weighted by molar-refractivity contribution is 0.00683. The molecule has 1 aromatic heterocycles. The maximum Gasteiger partial charge on any atom is 0.224 e. The molecule has 1 saturated heterocycles. The Bertz CT molecular complexity index is 513. The van der Waals surface area contributed by atoms with Crippen molar-refractivity contribution in [2.45, 2.75) is 32.0 Å². The highest BCUT2D eigenvalue weighted by molar-refractivity contribution is 6.28. The van der Waals surface area contributed by atoms with Gasteiger partial charge in [0.2, 0.25) is 5.28 Å². The Balaban J connectivity index is 2.14. The van der Waals surface area contributed by atoms with Crippen LogP contribution in [-0.2, 0) is 11.3 Å². The van der Waals surface area contributed by atoms with Gasteiger partial charge < -0.3 is 19.5 Å². The first-order valence-electron chi connectivity index (χ1n) is 6.22. The largest absolute Gasteiger partial charge is 0.485 e. The summed E-state index contributed by atoms with van der Waals surface area (Å²) in [6, 6.07) is 0.166. The molecule has 19 heavy (non-hydrogen) atoms. The third kappa shape index (κ3) is 1.94. The number of fused-ring (bicyclic) bond motifs is 3. The van der Waals surface area contributed by atoms with Crippen molar-refractivity contribution < 1.29 is 14.6 Å². The first kappa shape index (κ1) is 12.9. The van der Waals surface area contributed by atoms with E-state index in [1.165, 1.54) is 0 Å². The number of rotatable bonds is 1. The number of morpholine rings is 1. The normalized spacial score (nSPS) is 29.5. The first-order chi connectivity index (χ1) is 9.05. The van der Waals surface area contributed by atoms with E-state index in [2.05, 4.69) is 28.7 Å². The number of halogens is 1. The molecule has 3 rings (SSSR count). The van der Waals surface area contributed by atoms with Crippen molar-refractivity contribution >= 4 is 17.4 Å². The van der Waals surface area contributed by atoms with Gasteiger partial charge in [-0.1, -0.05) is 0 Å². The predicted octanol–water partition coefficient (Wildman–Crippen LogP) is 0.998. The highest BCUT2D eigenvalue weighted by atomic mass is 35.5. The number of hydrogen-bond donors (Lipinski definition) is 1. The van der Waals surface area contributed by atoms with Gasteiger partial charge in [0.1, 0.15) is 12.3 Å². The molecule has 1 fully saturated rings. The Labute approximate surface area is 116 Å². The summed E-state index contributed by atoms with van der Waals surface area (Å²) in [6.07, 6.45) is 0. The molecule has 0 spiro atoms. The highest BCUT2D eigenvalue weighted by Crippen LogP contribution is 2.42. The minimum absolute atomic E-state index is 0.120. The van der Waals surface area contributed by atoms with Crippen molar-refractivity contribution in [2.75, 3.05) is 24.7 Å². The summed E-state index contributed by atoms with van der Waals surface area (Å²) in [6.45, 7) is 5.60. The number of aliphatic hydroxyl groups is 1. The van der Waals surface area contributed by atoms with Gasteiger partial charge in [0.15, 0.2) is 11.6 Å². The Kier molecular flexibility index (Phi) is 3.03. The van der Waals surface area contributed by atoms with Gasteiger partial charge in [0, 0.05) is 0 Å². The van der Waals surface area contributed by atoms with Crippen LogP contribution in [0.2, 0.25) is 5.28 Å². The topological polar surface area (TPSA) is 67.7 Å². The molecule has 0 saturated carbocycles. The number of anilines is 1. The summed E-state index contributed by atoms with van der Waals surface area (Å²) in [7, 11) is 0. The summed E-state index contributed by atoms with van der Waals surface area (Å²) < 4.78 is 11.4. The molecule has 0 aromatic carbocycles. The van der Waals surface area contributed by atoms with Gasteiger partial charge in [-0.25, -0.2) is 4.98 Å². The summed E-state index contributed by atoms with van der Waals surface area (Å²) in [5.41, 5.74) is 0.158. The number of aromatic nitrogens is 2. The Hall–Kier alpha value is -1.11. The lowest BCUT2D eigenvalue weighted by Crippen LogP contribution is -2.64. The smallest absolute Gasteiger partial charge is 0.224 e. The highest BCUT2D eigenvalue weighted by Gasteiger charge is 2.45. The second kappa shape index (κ2) is 4.47. The van der Waals surface area contributed by atoms with Crippen LogP contribution in [-0.4, -0.2) is 46.5 Å². The predicted molar refractivity (Wildman–Crippen MR) is 69.6 cm³/mol. The van der Waals surface area contributed by atoms with Gasteiger partial charge in [-0.15, -0.1) is 0 Å². The van der Waals surface area contributed by atoms with Crippen LogP contribution in [0, 0.1) is 0 Å². The van der Waals surface area contributed by atoms with Crippen LogP contribution in [0.5, 0.6) is 5.75 Å². The minimum Gasteiger partial charge on any atom is -0.485 e. The lowest BCUT2D eigenvalue weighted by atomic mass is 9.96. The van der Waals surface area contributed by atoms with Crippen LogP contribution in [0.25, 0.3) is 0 Å². The monoisotopic (exact) mass is 285 g/mol. The SMILES string of the molecule is C[C@@H]1COCC2(C)COc3c(CO)nc(Cl)nc3N12. The van der Waals surface area contributed by atoms with Crippen molar-refractivity contribution in [3.05, 3.63) is 11.0 Å². The summed E-state index contributed by atoms with van der Waals surface area (Å²) in [4.78, 5) is 10.5. The van der Waals surface area contributed by atoms with E-state index in [0.29, 0.717) is 37.1 Å². The van der Waals surface area contributed by atoms with Crippen LogP contribution in [0.15, 0.2) is 0 Å². The maximum absolute atomic E-state index is 9.37. The van der Waals surface area contributed by atoms with E-state index in [9.17, 15) is 5.11 Å². The van der Waals surface area contributed by atoms with Crippen LogP contribution in [0.3, 0.4) is 0 Å². The molecule has 1 unspecified atom stereocenters. The van der Waals surface area contributed by atoms with Crippen molar-refractivity contribution in [2.24, 2.45) is 0 Å². The zero-order valence-electron chi connectivity index (χ0n) is 10.9. The molecule has 0 radical (unpaired) electrons. The molecule has 1 N–H and O–H groups in total. The van der Waals surface area contributed by atoms with Crippen molar-refractivity contribution in [3.8, 4) is 5.75 Å². The quantitative estimate of drug-likeness (QED) is 0.777. The Morgan fingerprint density at radius 1 is 1.47 bits per heavy atom. The molecule has 2 aliphatic heterocycles. The summed E-state index contributed by atoms with van der Waals surface area (Å²) in [5, 5.41) is 9.49. The second-order valence-electron chi connectivity index (χ2n) is 5.27. The van der Waals surface area contributed by atoms with E-state index < -0.39 is 0 Å². The lowest BCUT2D eigenvalue weighted by Gasteiger charge is -2.51. The molecule has 1 aromatic rings. The number of ether oxygens (including phenoxy) is 2. The van der Waals surface area contributed by atoms with Gasteiger partial charge in [-0.05, 0) is 25.4 Å². The van der Waals surface area contributed by atoms with Gasteiger partial charge >= 0.3 is 0 Å². The average Bonchev–Trinajstić information content (AvgIpc) is 2.36. The zero-order chi connectivity index (χ0) is 13.6. The second-order valence-corrected chi connectivity index (χ2v) is 5.61. The number of aliphatic hydroxyl groups excluding tert-OH is 1. The van der Waals surface area contributed by atoms with E-state index in [-0.39, 0.29) is 23.5 Å². The van der Waals surface area contributed by atoms with Crippen LogP contribution in [0.4, 0.5) is 5.82 Å². The molecule has 7 heteroatoms. The van der Waals surface area contributed by atoms with Crippen LogP contribution in [0.1, 0.15) is 19.5 Å². The average molecular weight is 286 g/mol. The number of hydrogen-bond acceptors (Lipinski definition) is 6. The van der Waals surface area contributed by atoms with E-state index >= 15 is 0 Å². The maximum atomic E-state index is 9.37. The van der Waals surface area contributed by atoms with Gasteiger partial charge in [-0.3, -0.25) is 0 Å². The van der Waals surface area contributed by atoms with Crippen molar-refractivity contribution in [1.29, 1.82) is 0 Å². The third-order valence-corrected chi connectivity index (χ3v) is 3.76. The van der Waals surface area contributed by atoms with E-state index in [1.54, 1.807) is 0 Å². The van der Waals surface area contributed by atoms with Gasteiger partial charge in [-0.2, -0.15) is 4.98 Å². The fourth-order valence-corrected chi connectivity index (χ4v) is 2.98. The van der Waals surface area contributed by atoms with Crippen molar-refractivity contribution in [1.82, 2.24) is 9.97 Å². The van der Waals surface area contributed by atoms with Gasteiger partial charge in [0.25, 0.3) is 0 Å². The van der Waals surface area contributed by atoms with E-state index in [1.807, 2.05) is 0 Å². The number of nitrogens with zero attached hydrogens (tertiary/aromatic N) is 3. The Morgan fingerprint density at radius 2 is 2.26 bits per heavy atom. The summed E-state index contributed by atoms with van der Waals surface area (Å²) >= 11 is 5.94. The minimum atomic E-state index is -0.269. The molecule has 0 aliphatic carbocycles. The fraction of sp³-hybridized carbons (Fsp3) is 0.667. The zero-order valence-corrected chi connectivity index (χ0v) is 11.6. The fourth-order valence-electron chi connectivity index (χ4n) is 2.80. The third-order valence-electron chi connectivity index (χ3n) is 3.59. The molecular formula is C12H16ClN3O3. The van der Waals surface area contributed by atoms with E-state index in [0.717, 1.165) is 0 Å². The first-order valence-corrected chi connectivity index (χ1v) is 6.60.